The fraction of sp³-hybridized carbons (Fsp3) is 0.278. The van der Waals surface area contributed by atoms with Crippen LogP contribution in [0.15, 0.2) is 47.3 Å². The van der Waals surface area contributed by atoms with Crippen LogP contribution in [0.1, 0.15) is 0 Å². The van der Waals surface area contributed by atoms with Gasteiger partial charge in [0.2, 0.25) is 0 Å². The van der Waals surface area contributed by atoms with Gasteiger partial charge in [-0.05, 0) is 38.4 Å². The van der Waals surface area contributed by atoms with Crippen molar-refractivity contribution in [2.75, 3.05) is 27.2 Å². The Hall–Kier alpha value is -2.33. The Morgan fingerprint density at radius 3 is 2.55 bits per heavy atom. The number of nitrogens with zero attached hydrogens (tertiary/aromatic N) is 2. The second kappa shape index (κ2) is 5.81. The first kappa shape index (κ1) is 14.6. The Labute approximate surface area is 129 Å². The van der Waals surface area contributed by atoms with E-state index in [-0.39, 0.29) is 5.43 Å². The molecule has 3 aromatic rings. The minimum Gasteiger partial charge on any atom is -0.490 e. The standard InChI is InChI=1S/C18H20N2O2/c1-19(2)11-12-22-16-10-6-8-14-17(16)20(3)15-9-5-4-7-13(15)18(14)21/h4-10H,11-12H2,1-3H3. The van der Waals surface area contributed by atoms with E-state index < -0.39 is 0 Å². The zero-order valence-electron chi connectivity index (χ0n) is 13.2. The molecule has 0 fully saturated rings. The molecule has 3 rings (SSSR count). The topological polar surface area (TPSA) is 34.5 Å². The molecule has 114 valence electrons. The molecule has 0 aliphatic carbocycles. The van der Waals surface area contributed by atoms with Gasteiger partial charge in [-0.2, -0.15) is 0 Å². The molecule has 0 aliphatic heterocycles. The fourth-order valence-electron chi connectivity index (χ4n) is 2.73. The number of hydrogen-bond acceptors (Lipinski definition) is 3. The van der Waals surface area contributed by atoms with Crippen LogP contribution in [0.25, 0.3) is 21.8 Å². The number of aromatic nitrogens is 1. The monoisotopic (exact) mass is 296 g/mol. The number of para-hydroxylation sites is 2. The van der Waals surface area contributed by atoms with E-state index in [0.29, 0.717) is 12.0 Å². The molecule has 0 aliphatic rings. The fourth-order valence-corrected chi connectivity index (χ4v) is 2.73. The highest BCUT2D eigenvalue weighted by molar-refractivity contribution is 5.96. The van der Waals surface area contributed by atoms with Gasteiger partial charge in [0.05, 0.1) is 16.4 Å². The predicted molar refractivity (Wildman–Crippen MR) is 90.7 cm³/mol. The Morgan fingerprint density at radius 1 is 1.05 bits per heavy atom. The van der Waals surface area contributed by atoms with E-state index in [2.05, 4.69) is 4.90 Å². The van der Waals surface area contributed by atoms with Crippen molar-refractivity contribution in [2.45, 2.75) is 0 Å². The molecular formula is C18H20N2O2. The van der Waals surface area contributed by atoms with Crippen LogP contribution in [0.5, 0.6) is 5.75 Å². The molecule has 4 nitrogen and oxygen atoms in total. The smallest absolute Gasteiger partial charge is 0.197 e. The quantitative estimate of drug-likeness (QED) is 0.694. The third kappa shape index (κ3) is 2.46. The highest BCUT2D eigenvalue weighted by Crippen LogP contribution is 2.26. The molecule has 0 saturated heterocycles. The number of ether oxygens (including phenoxy) is 1. The molecule has 0 saturated carbocycles. The summed E-state index contributed by atoms with van der Waals surface area (Å²) in [7, 11) is 5.99. The number of aryl methyl sites for hydroxylation is 1. The maximum atomic E-state index is 12.7. The number of pyridine rings is 1. The number of benzene rings is 2. The van der Waals surface area contributed by atoms with Gasteiger partial charge in [-0.1, -0.05) is 18.2 Å². The van der Waals surface area contributed by atoms with Crippen molar-refractivity contribution in [1.29, 1.82) is 0 Å². The summed E-state index contributed by atoms with van der Waals surface area (Å²) in [6, 6.07) is 13.3. The minimum absolute atomic E-state index is 0.0572. The van der Waals surface area contributed by atoms with Crippen LogP contribution in [0, 0.1) is 0 Å². The number of rotatable bonds is 4. The molecule has 0 N–H and O–H groups in total. The Balaban J connectivity index is 2.21. The summed E-state index contributed by atoms with van der Waals surface area (Å²) in [4.78, 5) is 14.8. The lowest BCUT2D eigenvalue weighted by molar-refractivity contribution is 0.263. The van der Waals surface area contributed by atoms with Gasteiger partial charge in [-0.25, -0.2) is 0 Å². The highest BCUT2D eigenvalue weighted by Gasteiger charge is 2.12. The first-order valence-corrected chi connectivity index (χ1v) is 7.37. The van der Waals surface area contributed by atoms with Crippen molar-refractivity contribution < 1.29 is 4.74 Å². The molecule has 0 unspecified atom stereocenters. The van der Waals surface area contributed by atoms with E-state index in [1.54, 1.807) is 0 Å². The average molecular weight is 296 g/mol. The first-order chi connectivity index (χ1) is 10.6. The van der Waals surface area contributed by atoms with E-state index in [1.165, 1.54) is 0 Å². The Morgan fingerprint density at radius 2 is 1.77 bits per heavy atom. The first-order valence-electron chi connectivity index (χ1n) is 7.37. The van der Waals surface area contributed by atoms with Gasteiger partial charge in [0.1, 0.15) is 12.4 Å². The lowest BCUT2D eigenvalue weighted by Gasteiger charge is -2.16. The molecule has 1 heterocycles. The van der Waals surface area contributed by atoms with Crippen molar-refractivity contribution in [3.8, 4) is 5.75 Å². The van der Waals surface area contributed by atoms with Gasteiger partial charge in [0.25, 0.3) is 0 Å². The van der Waals surface area contributed by atoms with Crippen molar-refractivity contribution >= 4 is 21.8 Å². The molecule has 0 bridgehead atoms. The summed E-state index contributed by atoms with van der Waals surface area (Å²) < 4.78 is 7.95. The lowest BCUT2D eigenvalue weighted by Crippen LogP contribution is -2.20. The molecule has 0 atom stereocenters. The molecule has 4 heteroatoms. The summed E-state index contributed by atoms with van der Waals surface area (Å²) in [6.07, 6.45) is 0. The zero-order valence-corrected chi connectivity index (χ0v) is 13.2. The van der Waals surface area contributed by atoms with E-state index in [4.69, 9.17) is 4.74 Å². The molecule has 2 aromatic carbocycles. The van der Waals surface area contributed by atoms with Crippen LogP contribution in [-0.2, 0) is 7.05 Å². The normalized spacial score (nSPS) is 11.5. The summed E-state index contributed by atoms with van der Waals surface area (Å²) in [5.74, 6) is 0.754. The van der Waals surface area contributed by atoms with Gasteiger partial charge >= 0.3 is 0 Å². The van der Waals surface area contributed by atoms with Crippen LogP contribution in [0.4, 0.5) is 0 Å². The predicted octanol–water partition coefficient (Wildman–Crippen LogP) is 2.63. The van der Waals surface area contributed by atoms with E-state index in [9.17, 15) is 4.79 Å². The van der Waals surface area contributed by atoms with E-state index in [0.717, 1.165) is 28.7 Å². The van der Waals surface area contributed by atoms with Crippen molar-refractivity contribution in [2.24, 2.45) is 7.05 Å². The Kier molecular flexibility index (Phi) is 3.86. The zero-order chi connectivity index (χ0) is 15.7. The van der Waals surface area contributed by atoms with E-state index >= 15 is 0 Å². The average Bonchev–Trinajstić information content (AvgIpc) is 2.52. The summed E-state index contributed by atoms with van der Waals surface area (Å²) in [6.45, 7) is 1.42. The molecular weight excluding hydrogens is 276 g/mol. The third-order valence-electron chi connectivity index (χ3n) is 3.89. The maximum Gasteiger partial charge on any atom is 0.197 e. The molecule has 0 spiro atoms. The number of hydrogen-bond donors (Lipinski definition) is 0. The van der Waals surface area contributed by atoms with Gasteiger partial charge in [-0.3, -0.25) is 4.79 Å². The van der Waals surface area contributed by atoms with Crippen molar-refractivity contribution in [3.05, 3.63) is 52.7 Å². The Bertz CT molecular complexity index is 881. The van der Waals surface area contributed by atoms with Crippen LogP contribution in [-0.4, -0.2) is 36.7 Å². The molecule has 22 heavy (non-hydrogen) atoms. The van der Waals surface area contributed by atoms with Gasteiger partial charge in [0, 0.05) is 19.0 Å². The van der Waals surface area contributed by atoms with Crippen LogP contribution in [0.2, 0.25) is 0 Å². The second-order valence-corrected chi connectivity index (χ2v) is 5.71. The molecule has 0 radical (unpaired) electrons. The van der Waals surface area contributed by atoms with Gasteiger partial charge in [-0.15, -0.1) is 0 Å². The SMILES string of the molecule is CN(C)CCOc1cccc2c(=O)c3ccccc3n(C)c12. The van der Waals surface area contributed by atoms with Gasteiger partial charge < -0.3 is 14.2 Å². The largest absolute Gasteiger partial charge is 0.490 e. The van der Waals surface area contributed by atoms with Crippen LogP contribution in [0.3, 0.4) is 0 Å². The van der Waals surface area contributed by atoms with Crippen molar-refractivity contribution in [1.82, 2.24) is 9.47 Å². The second-order valence-electron chi connectivity index (χ2n) is 5.71. The third-order valence-corrected chi connectivity index (χ3v) is 3.89. The molecule has 0 amide bonds. The van der Waals surface area contributed by atoms with Gasteiger partial charge in [0.15, 0.2) is 5.43 Å². The summed E-state index contributed by atoms with van der Waals surface area (Å²) in [5, 5.41) is 1.44. The maximum absolute atomic E-state index is 12.7. The summed E-state index contributed by atoms with van der Waals surface area (Å²) >= 11 is 0. The highest BCUT2D eigenvalue weighted by atomic mass is 16.5. The van der Waals surface area contributed by atoms with E-state index in [1.807, 2.05) is 68.2 Å². The molecule has 1 aromatic heterocycles. The van der Waals surface area contributed by atoms with Crippen molar-refractivity contribution in [3.63, 3.8) is 0 Å². The number of fused-ring (bicyclic) bond motifs is 2. The van der Waals surface area contributed by atoms with Crippen LogP contribution < -0.4 is 10.2 Å². The van der Waals surface area contributed by atoms with Crippen LogP contribution >= 0.6 is 0 Å². The number of likely N-dealkylation sites (N-methyl/N-ethyl adjacent to an activating group) is 1. The minimum atomic E-state index is 0.0572. The lowest BCUT2D eigenvalue weighted by atomic mass is 10.1. The summed E-state index contributed by atoms with van der Waals surface area (Å²) in [5.41, 5.74) is 1.83.